The van der Waals surface area contributed by atoms with Crippen LogP contribution in [0, 0.1) is 11.7 Å². The lowest BCUT2D eigenvalue weighted by Gasteiger charge is -2.37. The molecule has 0 aliphatic carbocycles. The summed E-state index contributed by atoms with van der Waals surface area (Å²) in [5.74, 6) is 0.161. The molecule has 2 aliphatic rings. The summed E-state index contributed by atoms with van der Waals surface area (Å²) in [6.07, 6.45) is 3.58. The average Bonchev–Trinajstić information content (AvgIpc) is 3.07. The van der Waals surface area contributed by atoms with Crippen LogP contribution in [0.4, 0.5) is 4.39 Å². The van der Waals surface area contributed by atoms with Crippen LogP contribution in [0.2, 0.25) is 0 Å². The Morgan fingerprint density at radius 2 is 2.00 bits per heavy atom. The van der Waals surface area contributed by atoms with Crippen molar-refractivity contribution in [1.82, 2.24) is 9.80 Å². The maximum Gasteiger partial charge on any atom is 0.239 e. The van der Waals surface area contributed by atoms with Crippen LogP contribution in [0.15, 0.2) is 24.3 Å². The normalized spacial score (nSPS) is 26.5. The summed E-state index contributed by atoms with van der Waals surface area (Å²) >= 11 is 0. The molecule has 2 fully saturated rings. The van der Waals surface area contributed by atoms with E-state index in [-0.39, 0.29) is 29.8 Å². The molecule has 3 rings (SSSR count). The van der Waals surface area contributed by atoms with Gasteiger partial charge in [0.1, 0.15) is 5.82 Å². The van der Waals surface area contributed by atoms with E-state index in [1.54, 1.807) is 19.1 Å². The average molecular weight is 334 g/mol. The second-order valence-electron chi connectivity index (χ2n) is 7.18. The zero-order valence-corrected chi connectivity index (χ0v) is 14.3. The minimum atomic E-state index is -0.357. The van der Waals surface area contributed by atoms with Crippen molar-refractivity contribution in [2.24, 2.45) is 5.92 Å². The van der Waals surface area contributed by atoms with Gasteiger partial charge in [-0.1, -0.05) is 18.6 Å². The number of hydrogen-bond donors (Lipinski definition) is 1. The minimum Gasteiger partial charge on any atom is -0.393 e. The number of carbonyl (C=O) groups excluding carboxylic acids is 1. The van der Waals surface area contributed by atoms with Crippen molar-refractivity contribution in [2.75, 3.05) is 19.6 Å². The summed E-state index contributed by atoms with van der Waals surface area (Å²) in [5, 5.41) is 9.75. The van der Waals surface area contributed by atoms with Gasteiger partial charge >= 0.3 is 0 Å². The van der Waals surface area contributed by atoms with E-state index >= 15 is 0 Å². The van der Waals surface area contributed by atoms with E-state index in [1.165, 1.54) is 12.1 Å². The van der Waals surface area contributed by atoms with Gasteiger partial charge in [-0.15, -0.1) is 0 Å². The van der Waals surface area contributed by atoms with Crippen LogP contribution in [0.3, 0.4) is 0 Å². The van der Waals surface area contributed by atoms with Gasteiger partial charge in [-0.3, -0.25) is 9.69 Å². The van der Waals surface area contributed by atoms with Crippen molar-refractivity contribution in [3.8, 4) is 0 Å². The Bertz CT molecular complexity index is 561. The maximum atomic E-state index is 13.1. The van der Waals surface area contributed by atoms with Gasteiger partial charge in [-0.05, 0) is 50.4 Å². The molecular weight excluding hydrogens is 307 g/mol. The molecule has 24 heavy (non-hydrogen) atoms. The molecule has 0 bridgehead atoms. The molecule has 5 heteroatoms. The number of amides is 1. The summed E-state index contributed by atoms with van der Waals surface area (Å²) in [4.78, 5) is 17.1. The third-order valence-electron chi connectivity index (χ3n) is 5.42. The molecule has 1 aromatic rings. The molecule has 3 unspecified atom stereocenters. The lowest BCUT2D eigenvalue weighted by atomic mass is 9.99. The zero-order valence-electron chi connectivity index (χ0n) is 14.3. The largest absolute Gasteiger partial charge is 0.393 e. The summed E-state index contributed by atoms with van der Waals surface area (Å²) in [5.41, 5.74) is 1.04. The first-order chi connectivity index (χ1) is 11.5. The highest BCUT2D eigenvalue weighted by Gasteiger charge is 2.36. The van der Waals surface area contributed by atoms with Crippen molar-refractivity contribution in [3.63, 3.8) is 0 Å². The number of aliphatic hydroxyl groups is 1. The molecule has 132 valence electrons. The number of halogens is 1. The number of rotatable bonds is 4. The summed E-state index contributed by atoms with van der Waals surface area (Å²) in [6.45, 7) is 4.80. The Balaban J connectivity index is 1.65. The molecule has 0 aromatic heterocycles. The fourth-order valence-corrected chi connectivity index (χ4v) is 3.88. The number of carbonyl (C=O) groups is 1. The van der Waals surface area contributed by atoms with E-state index in [2.05, 4.69) is 4.90 Å². The molecule has 2 heterocycles. The molecule has 1 aromatic carbocycles. The molecule has 3 atom stereocenters. The van der Waals surface area contributed by atoms with Gasteiger partial charge in [-0.2, -0.15) is 0 Å². The molecule has 0 radical (unpaired) electrons. The van der Waals surface area contributed by atoms with Crippen LogP contribution in [-0.4, -0.2) is 52.6 Å². The smallest absolute Gasteiger partial charge is 0.239 e. The van der Waals surface area contributed by atoms with Crippen LogP contribution in [0.5, 0.6) is 0 Å². The minimum absolute atomic E-state index is 0.0865. The lowest BCUT2D eigenvalue weighted by molar-refractivity contribution is -0.137. The second-order valence-corrected chi connectivity index (χ2v) is 7.18. The molecular formula is C19H27FN2O2. The molecule has 4 nitrogen and oxygen atoms in total. The number of hydrogen-bond acceptors (Lipinski definition) is 3. The van der Waals surface area contributed by atoms with Gasteiger partial charge < -0.3 is 10.0 Å². The molecule has 2 saturated heterocycles. The Hall–Kier alpha value is -1.46. The number of aliphatic hydroxyl groups excluding tert-OH is 1. The van der Waals surface area contributed by atoms with E-state index in [0.29, 0.717) is 13.1 Å². The monoisotopic (exact) mass is 334 g/mol. The van der Waals surface area contributed by atoms with Crippen LogP contribution in [0.25, 0.3) is 0 Å². The third kappa shape index (κ3) is 3.95. The number of piperidine rings is 1. The van der Waals surface area contributed by atoms with Gasteiger partial charge in [0.05, 0.1) is 12.1 Å². The predicted molar refractivity (Wildman–Crippen MR) is 90.8 cm³/mol. The van der Waals surface area contributed by atoms with Crippen molar-refractivity contribution in [1.29, 1.82) is 0 Å². The lowest BCUT2D eigenvalue weighted by Crippen LogP contribution is -2.50. The highest BCUT2D eigenvalue weighted by Crippen LogP contribution is 2.26. The van der Waals surface area contributed by atoms with Gasteiger partial charge in [0.2, 0.25) is 5.91 Å². The van der Waals surface area contributed by atoms with Gasteiger partial charge in [-0.25, -0.2) is 4.39 Å². The van der Waals surface area contributed by atoms with Crippen molar-refractivity contribution < 1.29 is 14.3 Å². The SMILES string of the molecule is CC(O)C1CCN(C(=O)C2CCCCN2Cc2ccc(F)cc2)C1. The van der Waals surface area contributed by atoms with E-state index < -0.39 is 0 Å². The van der Waals surface area contributed by atoms with Crippen LogP contribution in [0.1, 0.15) is 38.2 Å². The quantitative estimate of drug-likeness (QED) is 0.920. The van der Waals surface area contributed by atoms with Gasteiger partial charge in [0, 0.05) is 25.6 Å². The maximum absolute atomic E-state index is 13.1. The summed E-state index contributed by atoms with van der Waals surface area (Å²) < 4.78 is 13.1. The topological polar surface area (TPSA) is 43.8 Å². The number of likely N-dealkylation sites (tertiary alicyclic amines) is 2. The predicted octanol–water partition coefficient (Wildman–Crippen LogP) is 2.41. The van der Waals surface area contributed by atoms with Crippen molar-refractivity contribution >= 4 is 5.91 Å². The fourth-order valence-electron chi connectivity index (χ4n) is 3.88. The Kier molecular flexibility index (Phi) is 5.51. The Morgan fingerprint density at radius 3 is 2.67 bits per heavy atom. The highest BCUT2D eigenvalue weighted by molar-refractivity contribution is 5.82. The van der Waals surface area contributed by atoms with E-state index in [0.717, 1.165) is 44.3 Å². The van der Waals surface area contributed by atoms with E-state index in [9.17, 15) is 14.3 Å². The third-order valence-corrected chi connectivity index (χ3v) is 5.42. The molecule has 0 saturated carbocycles. The van der Waals surface area contributed by atoms with Gasteiger partial charge in [0.15, 0.2) is 0 Å². The Labute approximate surface area is 143 Å². The highest BCUT2D eigenvalue weighted by atomic mass is 19.1. The van der Waals surface area contributed by atoms with Crippen LogP contribution in [-0.2, 0) is 11.3 Å². The number of benzene rings is 1. The van der Waals surface area contributed by atoms with Crippen molar-refractivity contribution in [2.45, 2.75) is 51.3 Å². The fraction of sp³-hybridized carbons (Fsp3) is 0.632. The van der Waals surface area contributed by atoms with E-state index in [1.807, 2.05) is 4.90 Å². The zero-order chi connectivity index (χ0) is 17.1. The molecule has 1 amide bonds. The first-order valence-corrected chi connectivity index (χ1v) is 9.00. The second kappa shape index (κ2) is 7.62. The van der Waals surface area contributed by atoms with E-state index in [4.69, 9.17) is 0 Å². The molecule has 0 spiro atoms. The molecule has 1 N–H and O–H groups in total. The summed E-state index contributed by atoms with van der Waals surface area (Å²) in [6, 6.07) is 6.46. The first kappa shape index (κ1) is 17.4. The Morgan fingerprint density at radius 1 is 1.25 bits per heavy atom. The van der Waals surface area contributed by atoms with Crippen LogP contribution >= 0.6 is 0 Å². The van der Waals surface area contributed by atoms with Crippen molar-refractivity contribution in [3.05, 3.63) is 35.6 Å². The van der Waals surface area contributed by atoms with Gasteiger partial charge in [0.25, 0.3) is 0 Å². The standard InChI is InChI=1S/C19H27FN2O2/c1-14(23)16-9-11-22(13-16)19(24)18-4-2-3-10-21(18)12-15-5-7-17(20)8-6-15/h5-8,14,16,18,23H,2-4,9-13H2,1H3. The summed E-state index contributed by atoms with van der Waals surface area (Å²) in [7, 11) is 0. The first-order valence-electron chi connectivity index (χ1n) is 9.00. The number of nitrogens with zero attached hydrogens (tertiary/aromatic N) is 2. The molecule has 2 aliphatic heterocycles. The van der Waals surface area contributed by atoms with Crippen LogP contribution < -0.4 is 0 Å².